The molecule has 2 aliphatic rings. The number of hydrogen-bond acceptors (Lipinski definition) is 9. The second kappa shape index (κ2) is 11.4. The van der Waals surface area contributed by atoms with E-state index in [2.05, 4.69) is 11.7 Å². The van der Waals surface area contributed by atoms with Gasteiger partial charge in [-0.05, 0) is 12.8 Å². The quantitative estimate of drug-likeness (QED) is 0.249. The Morgan fingerprint density at radius 3 is 2.25 bits per heavy atom. The topological polar surface area (TPSA) is 114 Å². The Morgan fingerprint density at radius 1 is 1.00 bits per heavy atom. The number of Topliss-reactive ketones (excluding diaryl/α,β-unsaturated/α-hetero) is 1. The van der Waals surface area contributed by atoms with Crippen molar-refractivity contribution in [2.45, 2.75) is 82.5 Å². The molecule has 2 heterocycles. The van der Waals surface area contributed by atoms with Crippen LogP contribution in [0, 0.1) is 5.92 Å². The van der Waals surface area contributed by atoms with E-state index in [9.17, 15) is 19.2 Å². The van der Waals surface area contributed by atoms with Crippen molar-refractivity contribution in [3.05, 3.63) is 11.8 Å². The van der Waals surface area contributed by atoms with Gasteiger partial charge in [-0.15, -0.1) is 0 Å². The molecule has 9 nitrogen and oxygen atoms in total. The summed E-state index contributed by atoms with van der Waals surface area (Å²) in [5.74, 6) is -6.21. The van der Waals surface area contributed by atoms with Crippen molar-refractivity contribution in [2.24, 2.45) is 5.92 Å². The number of ether oxygens (including phenoxy) is 5. The lowest BCUT2D eigenvalue weighted by molar-refractivity contribution is -0.225. The third-order valence-electron chi connectivity index (χ3n) is 6.11. The Hall–Kier alpha value is -2.42. The summed E-state index contributed by atoms with van der Waals surface area (Å²) in [7, 11) is 3.39. The number of carbonyl (C=O) groups excluding carboxylic acids is 4. The minimum atomic E-state index is -2.09. The zero-order chi connectivity index (χ0) is 23.8. The standard InChI is InChI=1S/C23H34O9/c1-5-6-7-8-9-10-11-12-16-15-31-23(19(16)25)13-17(20(26)29-3)22(32-23,21(27)30-4)14-18(24)28-2/h15,17H,5-14H2,1-4H3/t17-,22+,23+/m0/s1. The van der Waals surface area contributed by atoms with Crippen LogP contribution < -0.4 is 0 Å². The Bertz CT molecular complexity index is 744. The van der Waals surface area contributed by atoms with Crippen molar-refractivity contribution < 1.29 is 42.9 Å². The van der Waals surface area contributed by atoms with Gasteiger partial charge in [0.2, 0.25) is 5.78 Å². The first-order valence-electron chi connectivity index (χ1n) is 11.1. The summed E-state index contributed by atoms with van der Waals surface area (Å²) in [6.45, 7) is 2.17. The van der Waals surface area contributed by atoms with Crippen LogP contribution in [0.25, 0.3) is 0 Å². The summed E-state index contributed by atoms with van der Waals surface area (Å²) in [4.78, 5) is 50.5. The summed E-state index contributed by atoms with van der Waals surface area (Å²) in [6.07, 6.45) is 8.63. The molecule has 0 unspecified atom stereocenters. The van der Waals surface area contributed by atoms with E-state index in [0.717, 1.165) is 40.6 Å². The predicted molar refractivity (Wildman–Crippen MR) is 112 cm³/mol. The van der Waals surface area contributed by atoms with E-state index in [0.29, 0.717) is 12.0 Å². The predicted octanol–water partition coefficient (Wildman–Crippen LogP) is 2.99. The molecule has 0 aromatic heterocycles. The Labute approximate surface area is 188 Å². The molecule has 180 valence electrons. The van der Waals surface area contributed by atoms with Crippen LogP contribution in [-0.4, -0.2) is 56.4 Å². The van der Waals surface area contributed by atoms with Crippen molar-refractivity contribution in [1.82, 2.24) is 0 Å². The molecule has 32 heavy (non-hydrogen) atoms. The van der Waals surface area contributed by atoms with Gasteiger partial charge in [0.05, 0.1) is 34.0 Å². The molecular formula is C23H34O9. The Morgan fingerprint density at radius 2 is 1.66 bits per heavy atom. The van der Waals surface area contributed by atoms with Gasteiger partial charge < -0.3 is 23.7 Å². The molecule has 2 aliphatic heterocycles. The average molecular weight is 455 g/mol. The fourth-order valence-electron chi connectivity index (χ4n) is 4.31. The van der Waals surface area contributed by atoms with Crippen LogP contribution in [0.3, 0.4) is 0 Å². The number of ketones is 1. The molecule has 3 atom stereocenters. The number of esters is 3. The van der Waals surface area contributed by atoms with Gasteiger partial charge in [0, 0.05) is 12.0 Å². The van der Waals surface area contributed by atoms with Gasteiger partial charge in [-0.1, -0.05) is 45.4 Å². The first-order valence-corrected chi connectivity index (χ1v) is 11.1. The molecular weight excluding hydrogens is 420 g/mol. The van der Waals surface area contributed by atoms with Crippen LogP contribution >= 0.6 is 0 Å². The summed E-state index contributed by atoms with van der Waals surface area (Å²) in [6, 6.07) is 0. The molecule has 0 amide bonds. The number of hydrogen-bond donors (Lipinski definition) is 0. The number of unbranched alkanes of at least 4 members (excludes halogenated alkanes) is 6. The molecule has 1 spiro atoms. The minimum Gasteiger partial charge on any atom is -0.469 e. The Balaban J connectivity index is 2.14. The van der Waals surface area contributed by atoms with Gasteiger partial charge in [0.1, 0.15) is 5.92 Å². The zero-order valence-electron chi connectivity index (χ0n) is 19.4. The van der Waals surface area contributed by atoms with Crippen LogP contribution in [0.15, 0.2) is 11.8 Å². The number of rotatable bonds is 12. The Kier molecular flexibility index (Phi) is 9.24. The molecule has 2 rings (SSSR count). The van der Waals surface area contributed by atoms with Gasteiger partial charge in [0.25, 0.3) is 5.79 Å². The van der Waals surface area contributed by atoms with E-state index < -0.39 is 47.4 Å². The maximum atomic E-state index is 13.2. The summed E-state index contributed by atoms with van der Waals surface area (Å²) < 4.78 is 25.8. The highest BCUT2D eigenvalue weighted by Crippen LogP contribution is 2.50. The lowest BCUT2D eigenvalue weighted by Gasteiger charge is -2.30. The van der Waals surface area contributed by atoms with Crippen LogP contribution in [0.5, 0.6) is 0 Å². The fraction of sp³-hybridized carbons (Fsp3) is 0.739. The van der Waals surface area contributed by atoms with Crippen LogP contribution in [0.4, 0.5) is 0 Å². The van der Waals surface area contributed by atoms with Gasteiger partial charge in [-0.3, -0.25) is 14.4 Å². The minimum absolute atomic E-state index is 0.276. The highest BCUT2D eigenvalue weighted by Gasteiger charge is 2.69. The maximum Gasteiger partial charge on any atom is 0.339 e. The number of methoxy groups -OCH3 is 3. The third-order valence-corrected chi connectivity index (χ3v) is 6.11. The number of carbonyl (C=O) groups is 4. The van der Waals surface area contributed by atoms with Gasteiger partial charge in [-0.25, -0.2) is 4.79 Å². The molecule has 0 radical (unpaired) electrons. The molecule has 1 saturated heterocycles. The summed E-state index contributed by atoms with van der Waals surface area (Å²) in [5.41, 5.74) is -1.66. The molecule has 0 bridgehead atoms. The fourth-order valence-corrected chi connectivity index (χ4v) is 4.31. The highest BCUT2D eigenvalue weighted by molar-refractivity contribution is 6.04. The third kappa shape index (κ3) is 5.31. The lowest BCUT2D eigenvalue weighted by atomic mass is 9.82. The summed E-state index contributed by atoms with van der Waals surface area (Å²) >= 11 is 0. The smallest absolute Gasteiger partial charge is 0.339 e. The van der Waals surface area contributed by atoms with E-state index >= 15 is 0 Å². The van der Waals surface area contributed by atoms with E-state index in [-0.39, 0.29) is 6.42 Å². The first kappa shape index (κ1) is 25.8. The van der Waals surface area contributed by atoms with Crippen molar-refractivity contribution in [3.63, 3.8) is 0 Å². The highest BCUT2D eigenvalue weighted by atomic mass is 16.7. The van der Waals surface area contributed by atoms with E-state index in [1.807, 2.05) is 0 Å². The van der Waals surface area contributed by atoms with E-state index in [4.69, 9.17) is 18.9 Å². The molecule has 1 fully saturated rings. The normalized spacial score (nSPS) is 26.6. The second-order valence-corrected chi connectivity index (χ2v) is 8.23. The molecule has 0 N–H and O–H groups in total. The molecule has 0 aliphatic carbocycles. The van der Waals surface area contributed by atoms with Crippen molar-refractivity contribution in [1.29, 1.82) is 0 Å². The SMILES string of the molecule is CCCCCCCCCC1=CO[C@@]2(C[C@@H](C(=O)OC)[C@](CC(=O)OC)(C(=O)OC)O2)C1=O. The monoisotopic (exact) mass is 454 g/mol. The van der Waals surface area contributed by atoms with Gasteiger partial charge >= 0.3 is 17.9 Å². The lowest BCUT2D eigenvalue weighted by Crippen LogP contribution is -2.51. The van der Waals surface area contributed by atoms with Crippen molar-refractivity contribution in [3.8, 4) is 0 Å². The van der Waals surface area contributed by atoms with Crippen molar-refractivity contribution >= 4 is 23.7 Å². The molecule has 0 aromatic rings. The van der Waals surface area contributed by atoms with Crippen LogP contribution in [0.2, 0.25) is 0 Å². The van der Waals surface area contributed by atoms with E-state index in [1.54, 1.807) is 0 Å². The summed E-state index contributed by atoms with van der Waals surface area (Å²) in [5, 5.41) is 0. The second-order valence-electron chi connectivity index (χ2n) is 8.23. The largest absolute Gasteiger partial charge is 0.469 e. The van der Waals surface area contributed by atoms with E-state index in [1.165, 1.54) is 31.9 Å². The van der Waals surface area contributed by atoms with Crippen LogP contribution in [0.1, 0.15) is 71.1 Å². The van der Waals surface area contributed by atoms with Gasteiger partial charge in [-0.2, -0.15) is 0 Å². The van der Waals surface area contributed by atoms with Crippen LogP contribution in [-0.2, 0) is 42.9 Å². The van der Waals surface area contributed by atoms with Gasteiger partial charge in [0.15, 0.2) is 5.60 Å². The first-order chi connectivity index (χ1) is 15.3. The molecule has 9 heteroatoms. The van der Waals surface area contributed by atoms with Crippen molar-refractivity contribution in [2.75, 3.05) is 21.3 Å². The zero-order valence-corrected chi connectivity index (χ0v) is 19.4. The maximum absolute atomic E-state index is 13.2. The molecule has 0 saturated carbocycles. The average Bonchev–Trinajstić information content (AvgIpc) is 3.29. The molecule has 0 aromatic carbocycles.